The van der Waals surface area contributed by atoms with Gasteiger partial charge in [0.15, 0.2) is 0 Å². The molecule has 2 atom stereocenters. The van der Waals surface area contributed by atoms with Crippen molar-refractivity contribution in [3.05, 3.63) is 71.6 Å². The van der Waals surface area contributed by atoms with Crippen molar-refractivity contribution in [2.75, 3.05) is 13.1 Å². The molecule has 4 N–H and O–H groups in total. The Morgan fingerprint density at radius 3 is 1.55 bits per heavy atom. The second-order valence-electron chi connectivity index (χ2n) is 9.21. The number of hydrogen-bond acceptors (Lipinski definition) is 8. The van der Waals surface area contributed by atoms with Gasteiger partial charge in [-0.1, -0.05) is 13.8 Å². The number of aromatic nitrogens is 4. The van der Waals surface area contributed by atoms with Gasteiger partial charge in [-0.2, -0.15) is 10.2 Å². The van der Waals surface area contributed by atoms with Crippen molar-refractivity contribution in [2.24, 2.45) is 11.5 Å². The smallest absolute Gasteiger partial charge is 0.331 e. The summed E-state index contributed by atoms with van der Waals surface area (Å²) in [6.07, 6.45) is 1.61. The van der Waals surface area contributed by atoms with Gasteiger partial charge in [0.2, 0.25) is 0 Å². The molecule has 212 valence electrons. The molecular formula is C28H32F2N6O4. The molecule has 4 rings (SSSR count). The fourth-order valence-electron chi connectivity index (χ4n) is 4.48. The molecule has 0 aliphatic heterocycles. The second-order valence-corrected chi connectivity index (χ2v) is 9.21. The molecule has 2 heterocycles. The first kappa shape index (κ1) is 28.8. The summed E-state index contributed by atoms with van der Waals surface area (Å²) in [5.74, 6) is -2.44. The number of aryl methyl sites for hydroxylation is 2. The van der Waals surface area contributed by atoms with E-state index in [1.807, 2.05) is 13.8 Å². The van der Waals surface area contributed by atoms with Crippen molar-refractivity contribution >= 4 is 33.7 Å². The number of carbonyl (C=O) groups is 2. The largest absolute Gasteiger partial charge is 0.456 e. The Hall–Kier alpha value is -4.16. The van der Waals surface area contributed by atoms with Crippen LogP contribution < -0.4 is 11.5 Å². The van der Waals surface area contributed by atoms with Gasteiger partial charge >= 0.3 is 11.9 Å². The quantitative estimate of drug-likeness (QED) is 0.201. The van der Waals surface area contributed by atoms with Crippen molar-refractivity contribution in [3.8, 4) is 0 Å². The molecule has 0 saturated heterocycles. The number of ether oxygens (including phenoxy) is 2. The fraction of sp³-hybridized carbons (Fsp3) is 0.357. The van der Waals surface area contributed by atoms with Crippen LogP contribution in [0.25, 0.3) is 21.8 Å². The molecule has 0 spiro atoms. The third-order valence-electron chi connectivity index (χ3n) is 6.45. The van der Waals surface area contributed by atoms with E-state index in [1.165, 1.54) is 24.3 Å². The van der Waals surface area contributed by atoms with Crippen LogP contribution >= 0.6 is 0 Å². The Bertz CT molecular complexity index is 1430. The van der Waals surface area contributed by atoms with Gasteiger partial charge in [-0.25, -0.2) is 18.4 Å². The highest BCUT2D eigenvalue weighted by atomic mass is 19.1. The van der Waals surface area contributed by atoms with Crippen LogP contribution in [-0.4, -0.2) is 56.8 Å². The minimum absolute atomic E-state index is 0.0183. The molecule has 0 aliphatic rings. The molecule has 12 heteroatoms. The van der Waals surface area contributed by atoms with Crippen molar-refractivity contribution in [1.29, 1.82) is 0 Å². The van der Waals surface area contributed by atoms with Gasteiger partial charge in [-0.3, -0.25) is 9.36 Å². The van der Waals surface area contributed by atoms with Crippen molar-refractivity contribution in [1.82, 2.24) is 19.6 Å². The zero-order valence-corrected chi connectivity index (χ0v) is 22.3. The number of nitrogens with two attached hydrogens (primary N) is 2. The lowest BCUT2D eigenvalue weighted by Crippen LogP contribution is -2.32. The van der Waals surface area contributed by atoms with Gasteiger partial charge in [0.1, 0.15) is 23.8 Å². The lowest BCUT2D eigenvalue weighted by Gasteiger charge is -2.16. The zero-order valence-electron chi connectivity index (χ0n) is 22.3. The third-order valence-corrected chi connectivity index (χ3v) is 6.45. The maximum atomic E-state index is 13.8. The Labute approximate surface area is 229 Å². The number of rotatable bonds is 12. The number of nitrogens with zero attached hydrogens (tertiary/aromatic N) is 4. The van der Waals surface area contributed by atoms with Crippen LogP contribution in [0.2, 0.25) is 0 Å². The van der Waals surface area contributed by atoms with Gasteiger partial charge in [-0.15, -0.1) is 0 Å². The van der Waals surface area contributed by atoms with E-state index in [2.05, 4.69) is 10.2 Å². The summed E-state index contributed by atoms with van der Waals surface area (Å²) in [5.41, 5.74) is 14.3. The number of esters is 2. The van der Waals surface area contributed by atoms with Gasteiger partial charge < -0.3 is 20.9 Å². The Morgan fingerprint density at radius 2 is 1.20 bits per heavy atom. The second kappa shape index (κ2) is 12.8. The predicted octanol–water partition coefficient (Wildman–Crippen LogP) is 2.79. The lowest BCUT2D eigenvalue weighted by molar-refractivity contribution is -0.146. The summed E-state index contributed by atoms with van der Waals surface area (Å²) < 4.78 is 41.6. The van der Waals surface area contributed by atoms with Crippen LogP contribution in [0.4, 0.5) is 8.78 Å². The van der Waals surface area contributed by atoms with E-state index >= 15 is 0 Å². The molecule has 0 radical (unpaired) electrons. The van der Waals surface area contributed by atoms with E-state index in [1.54, 1.807) is 21.5 Å². The fourth-order valence-corrected chi connectivity index (χ4v) is 4.48. The predicted molar refractivity (Wildman–Crippen MR) is 145 cm³/mol. The number of benzene rings is 2. The first-order valence-electron chi connectivity index (χ1n) is 13.1. The Kier molecular flexibility index (Phi) is 9.22. The normalized spacial score (nSPS) is 13.2. The molecule has 0 amide bonds. The molecule has 2 unspecified atom stereocenters. The summed E-state index contributed by atoms with van der Waals surface area (Å²) in [6.45, 7) is 4.05. The molecule has 10 nitrogen and oxygen atoms in total. The highest BCUT2D eigenvalue weighted by Gasteiger charge is 2.19. The highest BCUT2D eigenvalue weighted by molar-refractivity contribution is 5.92. The van der Waals surface area contributed by atoms with Crippen LogP contribution in [-0.2, 0) is 45.0 Å². The average molecular weight is 555 g/mol. The molecule has 0 fully saturated rings. The summed E-state index contributed by atoms with van der Waals surface area (Å²) in [6, 6.07) is 8.79. The van der Waals surface area contributed by atoms with Gasteiger partial charge in [0.25, 0.3) is 0 Å². The number of halogens is 2. The maximum Gasteiger partial charge on any atom is 0.331 e. The minimum Gasteiger partial charge on any atom is -0.456 e. The summed E-state index contributed by atoms with van der Waals surface area (Å²) >= 11 is 0. The molecular weight excluding hydrogens is 522 g/mol. The summed E-state index contributed by atoms with van der Waals surface area (Å²) in [4.78, 5) is 24.8. The average Bonchev–Trinajstić information content (AvgIpc) is 3.47. The van der Waals surface area contributed by atoms with Crippen LogP contribution in [0.15, 0.2) is 48.6 Å². The number of hydrogen-bond donors (Lipinski definition) is 2. The van der Waals surface area contributed by atoms with E-state index in [0.29, 0.717) is 23.9 Å². The van der Waals surface area contributed by atoms with Gasteiger partial charge in [-0.05, 0) is 49.2 Å². The summed E-state index contributed by atoms with van der Waals surface area (Å²) in [7, 11) is 0. The van der Waals surface area contributed by atoms with E-state index in [-0.39, 0.29) is 26.2 Å². The zero-order chi connectivity index (χ0) is 28.8. The van der Waals surface area contributed by atoms with Crippen LogP contribution in [0.3, 0.4) is 0 Å². The minimum atomic E-state index is -0.809. The Balaban J connectivity index is 1.37. The highest BCUT2D eigenvalue weighted by Crippen LogP contribution is 2.22. The maximum absolute atomic E-state index is 13.8. The first-order chi connectivity index (χ1) is 19.3. The number of carbonyl (C=O) groups excluding carboxylic acids is 2. The lowest BCUT2D eigenvalue weighted by atomic mass is 10.2. The van der Waals surface area contributed by atoms with Gasteiger partial charge in [0.05, 0.1) is 35.5 Å². The van der Waals surface area contributed by atoms with Crippen molar-refractivity contribution in [2.45, 2.75) is 52.0 Å². The van der Waals surface area contributed by atoms with Crippen LogP contribution in [0.1, 0.15) is 25.2 Å². The van der Waals surface area contributed by atoms with E-state index in [4.69, 9.17) is 20.9 Å². The molecule has 0 aliphatic carbocycles. The third kappa shape index (κ3) is 6.52. The molecule has 0 saturated carbocycles. The molecule has 0 bridgehead atoms. The topological polar surface area (TPSA) is 140 Å². The monoisotopic (exact) mass is 554 g/mol. The first-order valence-corrected chi connectivity index (χ1v) is 13.1. The Morgan fingerprint density at radius 1 is 0.800 bits per heavy atom. The SMILES string of the molecule is CCc1nn(CC(CN)OC(=O)/C=C/C(=O)OC(CN)Cn2nc(CC)c3ccc(F)cc32)c2cc(F)ccc12. The van der Waals surface area contributed by atoms with Gasteiger partial charge in [0, 0.05) is 36.0 Å². The number of fused-ring (bicyclic) bond motifs is 2. The molecule has 2 aromatic carbocycles. The van der Waals surface area contributed by atoms with E-state index < -0.39 is 35.8 Å². The standard InChI is InChI=1S/C28H32F2N6O4/c1-3-23-21-7-5-17(29)11-25(21)35(33-23)15-19(13-31)39-27(37)9-10-28(38)40-20(14-32)16-36-26-12-18(30)6-8-22(26)24(4-2)34-36/h5-12,19-20H,3-4,13-16,31-32H2,1-2H3/b10-9+. The van der Waals surface area contributed by atoms with Crippen LogP contribution in [0.5, 0.6) is 0 Å². The van der Waals surface area contributed by atoms with Crippen molar-refractivity contribution < 1.29 is 27.8 Å². The van der Waals surface area contributed by atoms with Crippen molar-refractivity contribution in [3.63, 3.8) is 0 Å². The molecule has 4 aromatic rings. The summed E-state index contributed by atoms with van der Waals surface area (Å²) in [5, 5.41) is 10.6. The van der Waals surface area contributed by atoms with E-state index in [9.17, 15) is 18.4 Å². The molecule has 40 heavy (non-hydrogen) atoms. The van der Waals surface area contributed by atoms with Crippen LogP contribution in [0, 0.1) is 11.6 Å². The molecule has 2 aromatic heterocycles. The van der Waals surface area contributed by atoms with E-state index in [0.717, 1.165) is 34.3 Å².